The Morgan fingerprint density at radius 1 is 1.36 bits per heavy atom. The van der Waals surface area contributed by atoms with Crippen LogP contribution in [0.4, 0.5) is 0 Å². The van der Waals surface area contributed by atoms with Gasteiger partial charge in [-0.05, 0) is 18.6 Å². The Bertz CT molecular complexity index is 339. The van der Waals surface area contributed by atoms with Crippen molar-refractivity contribution in [3.63, 3.8) is 0 Å². The summed E-state index contributed by atoms with van der Waals surface area (Å²) in [6.07, 6.45) is 1.97. The average Bonchev–Trinajstić information content (AvgIpc) is 2.18. The van der Waals surface area contributed by atoms with Crippen LogP contribution in [0.1, 0.15) is 19.8 Å². The van der Waals surface area contributed by atoms with Gasteiger partial charge < -0.3 is 0 Å². The molecule has 4 heteroatoms. The molecule has 0 heterocycles. The van der Waals surface area contributed by atoms with Crippen LogP contribution in [0.25, 0.3) is 0 Å². The molecule has 1 unspecified atom stereocenters. The summed E-state index contributed by atoms with van der Waals surface area (Å²) in [5.41, 5.74) is 0. The number of halogens is 2. The van der Waals surface area contributed by atoms with E-state index in [0.717, 1.165) is 12.8 Å². The minimum absolute atomic E-state index is 0.420. The molecule has 1 rings (SSSR count). The molecule has 78 valence electrons. The predicted octanol–water partition coefficient (Wildman–Crippen LogP) is 3.90. The summed E-state index contributed by atoms with van der Waals surface area (Å²) in [6, 6.07) is 5.23. The topological polar surface area (TPSA) is 17.1 Å². The van der Waals surface area contributed by atoms with E-state index < -0.39 is 10.8 Å². The lowest BCUT2D eigenvalue weighted by atomic mass is 10.4. The standard InChI is InChI=1S/C10H12Cl2OS/c1-2-3-7-14(13)9-6-4-5-8(11)10(9)12/h4-6H,2-3,7H2,1H3. The van der Waals surface area contributed by atoms with Crippen molar-refractivity contribution >= 4 is 34.0 Å². The molecule has 0 N–H and O–H groups in total. The van der Waals surface area contributed by atoms with Gasteiger partial charge in [0.2, 0.25) is 0 Å². The normalized spacial score (nSPS) is 12.8. The van der Waals surface area contributed by atoms with E-state index >= 15 is 0 Å². The maximum atomic E-state index is 11.7. The van der Waals surface area contributed by atoms with Gasteiger partial charge in [-0.3, -0.25) is 4.21 Å². The van der Waals surface area contributed by atoms with Crippen LogP contribution in [-0.4, -0.2) is 9.96 Å². The highest BCUT2D eigenvalue weighted by atomic mass is 35.5. The number of unbranched alkanes of at least 4 members (excludes halogenated alkanes) is 1. The summed E-state index contributed by atoms with van der Waals surface area (Å²) in [4.78, 5) is 0.646. The second kappa shape index (κ2) is 5.74. The van der Waals surface area contributed by atoms with Crippen molar-refractivity contribution < 1.29 is 4.21 Å². The van der Waals surface area contributed by atoms with Gasteiger partial charge in [-0.15, -0.1) is 0 Å². The first-order chi connectivity index (χ1) is 6.66. The quantitative estimate of drug-likeness (QED) is 0.793. The molecule has 0 amide bonds. The Balaban J connectivity index is 2.84. The predicted molar refractivity (Wildman–Crippen MR) is 62.6 cm³/mol. The molecule has 0 aliphatic carbocycles. The van der Waals surface area contributed by atoms with Crippen LogP contribution in [0.2, 0.25) is 10.0 Å². The van der Waals surface area contributed by atoms with Gasteiger partial charge in [0.05, 0.1) is 25.7 Å². The third-order valence-electron chi connectivity index (χ3n) is 1.84. The van der Waals surface area contributed by atoms with Crippen LogP contribution < -0.4 is 0 Å². The molecule has 0 aliphatic heterocycles. The first-order valence-electron chi connectivity index (χ1n) is 4.49. The van der Waals surface area contributed by atoms with Crippen molar-refractivity contribution in [2.24, 2.45) is 0 Å². The van der Waals surface area contributed by atoms with Gasteiger partial charge in [-0.1, -0.05) is 42.6 Å². The third-order valence-corrected chi connectivity index (χ3v) is 4.27. The number of rotatable bonds is 4. The molecule has 1 aromatic carbocycles. The molecule has 0 fully saturated rings. The Labute approximate surface area is 96.9 Å². The second-order valence-electron chi connectivity index (χ2n) is 2.96. The molecule has 1 nitrogen and oxygen atoms in total. The summed E-state index contributed by atoms with van der Waals surface area (Å²) in [7, 11) is -1.02. The Hall–Kier alpha value is -0.0500. The molecule has 0 saturated heterocycles. The SMILES string of the molecule is CCCCS(=O)c1cccc(Cl)c1Cl. The maximum absolute atomic E-state index is 11.7. The molecule has 1 aromatic rings. The average molecular weight is 251 g/mol. The molecule has 0 aliphatic rings. The Morgan fingerprint density at radius 2 is 2.07 bits per heavy atom. The van der Waals surface area contributed by atoms with Crippen molar-refractivity contribution in [3.8, 4) is 0 Å². The maximum Gasteiger partial charge on any atom is 0.0753 e. The Morgan fingerprint density at radius 3 is 2.71 bits per heavy atom. The summed E-state index contributed by atoms with van der Waals surface area (Å²) in [6.45, 7) is 2.07. The molecule has 0 radical (unpaired) electrons. The van der Waals surface area contributed by atoms with Gasteiger partial charge in [-0.25, -0.2) is 0 Å². The van der Waals surface area contributed by atoms with Crippen LogP contribution in [0.15, 0.2) is 23.1 Å². The molecule has 14 heavy (non-hydrogen) atoms. The number of hydrogen-bond donors (Lipinski definition) is 0. The highest BCUT2D eigenvalue weighted by Gasteiger charge is 2.10. The van der Waals surface area contributed by atoms with Crippen LogP contribution in [0, 0.1) is 0 Å². The molecule has 0 spiro atoms. The van der Waals surface area contributed by atoms with Gasteiger partial charge >= 0.3 is 0 Å². The second-order valence-corrected chi connectivity index (χ2v) is 5.28. The van der Waals surface area contributed by atoms with Gasteiger partial charge in [0.25, 0.3) is 0 Å². The van der Waals surface area contributed by atoms with Crippen molar-refractivity contribution in [3.05, 3.63) is 28.2 Å². The lowest BCUT2D eigenvalue weighted by Gasteiger charge is -2.04. The molecule has 0 aromatic heterocycles. The summed E-state index contributed by atoms with van der Waals surface area (Å²) >= 11 is 11.8. The highest BCUT2D eigenvalue weighted by Crippen LogP contribution is 2.28. The van der Waals surface area contributed by atoms with Crippen LogP contribution >= 0.6 is 23.2 Å². The van der Waals surface area contributed by atoms with Crippen LogP contribution in [-0.2, 0) is 10.8 Å². The van der Waals surface area contributed by atoms with Crippen LogP contribution in [0.5, 0.6) is 0 Å². The number of benzene rings is 1. The molecule has 0 saturated carbocycles. The van der Waals surface area contributed by atoms with E-state index in [1.165, 1.54) is 0 Å². The minimum atomic E-state index is -1.02. The van der Waals surface area contributed by atoms with Crippen LogP contribution in [0.3, 0.4) is 0 Å². The zero-order valence-electron chi connectivity index (χ0n) is 7.93. The molecule has 0 bridgehead atoms. The van der Waals surface area contributed by atoms with Gasteiger partial charge in [0, 0.05) is 5.75 Å². The van der Waals surface area contributed by atoms with Gasteiger partial charge in [0.1, 0.15) is 0 Å². The Kier molecular flexibility index (Phi) is 4.93. The smallest absolute Gasteiger partial charge is 0.0753 e. The molecule has 1 atom stereocenters. The zero-order chi connectivity index (χ0) is 10.6. The monoisotopic (exact) mass is 250 g/mol. The van der Waals surface area contributed by atoms with Crippen molar-refractivity contribution in [2.75, 3.05) is 5.75 Å². The minimum Gasteiger partial charge on any atom is -0.254 e. The van der Waals surface area contributed by atoms with E-state index in [1.807, 2.05) is 0 Å². The van der Waals surface area contributed by atoms with Crippen molar-refractivity contribution in [1.82, 2.24) is 0 Å². The van der Waals surface area contributed by atoms with E-state index in [2.05, 4.69) is 6.92 Å². The van der Waals surface area contributed by atoms with E-state index in [1.54, 1.807) is 18.2 Å². The lowest BCUT2D eigenvalue weighted by Crippen LogP contribution is -1.98. The fourth-order valence-corrected chi connectivity index (χ4v) is 2.97. The number of hydrogen-bond acceptors (Lipinski definition) is 1. The fourth-order valence-electron chi connectivity index (χ4n) is 1.05. The summed E-state index contributed by atoms with van der Waals surface area (Å²) in [5.74, 6) is 0.649. The van der Waals surface area contributed by atoms with Gasteiger partial charge in [-0.2, -0.15) is 0 Å². The van der Waals surface area contributed by atoms with Crippen molar-refractivity contribution in [2.45, 2.75) is 24.7 Å². The van der Waals surface area contributed by atoms with E-state index in [4.69, 9.17) is 23.2 Å². The summed E-state index contributed by atoms with van der Waals surface area (Å²) < 4.78 is 11.7. The van der Waals surface area contributed by atoms with E-state index in [9.17, 15) is 4.21 Å². The van der Waals surface area contributed by atoms with Gasteiger partial charge in [0.15, 0.2) is 0 Å². The van der Waals surface area contributed by atoms with E-state index in [-0.39, 0.29) is 0 Å². The first-order valence-corrected chi connectivity index (χ1v) is 6.56. The first kappa shape index (κ1) is 12.0. The molecular weight excluding hydrogens is 239 g/mol. The zero-order valence-corrected chi connectivity index (χ0v) is 10.3. The molecular formula is C10H12Cl2OS. The third kappa shape index (κ3) is 2.97. The largest absolute Gasteiger partial charge is 0.254 e. The summed E-state index contributed by atoms with van der Waals surface area (Å²) in [5, 5.41) is 0.887. The fraction of sp³-hybridized carbons (Fsp3) is 0.400. The van der Waals surface area contributed by atoms with E-state index in [0.29, 0.717) is 20.7 Å². The lowest BCUT2D eigenvalue weighted by molar-refractivity contribution is 0.679. The van der Waals surface area contributed by atoms with Crippen molar-refractivity contribution in [1.29, 1.82) is 0 Å². The highest BCUT2D eigenvalue weighted by molar-refractivity contribution is 7.85.